The van der Waals surface area contributed by atoms with Crippen LogP contribution in [0.3, 0.4) is 0 Å². The van der Waals surface area contributed by atoms with Gasteiger partial charge in [-0.05, 0) is 25.1 Å². The van der Waals surface area contributed by atoms with Crippen LogP contribution < -0.4 is 9.47 Å². The fraction of sp³-hybridized carbons (Fsp3) is 0.500. The summed E-state index contributed by atoms with van der Waals surface area (Å²) in [6, 6.07) is 8.01. The van der Waals surface area contributed by atoms with E-state index in [1.807, 2.05) is 25.2 Å². The molecule has 18 heavy (non-hydrogen) atoms. The van der Waals surface area contributed by atoms with E-state index >= 15 is 0 Å². The maximum Gasteiger partial charge on any atom is 0.125 e. The molecule has 0 bridgehead atoms. The third-order valence-electron chi connectivity index (χ3n) is 2.86. The molecule has 0 aromatic heterocycles. The molecule has 0 aliphatic heterocycles. The van der Waals surface area contributed by atoms with Crippen LogP contribution in [-0.2, 0) is 6.42 Å². The first kappa shape index (κ1) is 14.3. The average Bonchev–Trinajstić information content (AvgIpc) is 2.42. The Hall–Kier alpha value is -1.73. The Morgan fingerprint density at radius 1 is 1.22 bits per heavy atom. The molecule has 4 heteroatoms. The second-order valence-corrected chi connectivity index (χ2v) is 4.14. The Labute approximate surface area is 109 Å². The van der Waals surface area contributed by atoms with Crippen molar-refractivity contribution in [3.05, 3.63) is 23.8 Å². The highest BCUT2D eigenvalue weighted by Gasteiger charge is 2.06. The van der Waals surface area contributed by atoms with E-state index < -0.39 is 0 Å². The molecule has 1 aromatic rings. The second kappa shape index (κ2) is 7.57. The molecular weight excluding hydrogens is 228 g/mol. The van der Waals surface area contributed by atoms with Crippen LogP contribution in [0, 0.1) is 11.3 Å². The largest absolute Gasteiger partial charge is 0.497 e. The molecule has 0 fully saturated rings. The number of benzene rings is 1. The number of hydrogen-bond donors (Lipinski definition) is 0. The van der Waals surface area contributed by atoms with Gasteiger partial charge in [-0.1, -0.05) is 6.07 Å². The Balaban J connectivity index is 2.59. The van der Waals surface area contributed by atoms with Crippen LogP contribution in [0.4, 0.5) is 0 Å². The Bertz CT molecular complexity index is 413. The molecule has 0 N–H and O–H groups in total. The summed E-state index contributed by atoms with van der Waals surface area (Å²) in [5.41, 5.74) is 1.15. The Kier molecular flexibility index (Phi) is 6.03. The standard InChI is InChI=1S/C14H20N2O2/c1-16(9-4-8-15)10-7-12-5-6-13(17-2)11-14(12)18-3/h5-6,11H,4,7,9-10H2,1-3H3. The molecule has 98 valence electrons. The summed E-state index contributed by atoms with van der Waals surface area (Å²) in [7, 11) is 5.33. The molecular formula is C14H20N2O2. The lowest BCUT2D eigenvalue weighted by Crippen LogP contribution is -2.22. The van der Waals surface area contributed by atoms with E-state index in [1.165, 1.54) is 0 Å². The van der Waals surface area contributed by atoms with Crippen molar-refractivity contribution in [1.29, 1.82) is 5.26 Å². The molecule has 0 atom stereocenters. The minimum Gasteiger partial charge on any atom is -0.497 e. The van der Waals surface area contributed by atoms with Gasteiger partial charge in [0.05, 0.1) is 20.3 Å². The maximum atomic E-state index is 8.53. The zero-order chi connectivity index (χ0) is 13.4. The highest BCUT2D eigenvalue weighted by atomic mass is 16.5. The monoisotopic (exact) mass is 248 g/mol. The van der Waals surface area contributed by atoms with Crippen LogP contribution in [0.5, 0.6) is 11.5 Å². The third kappa shape index (κ3) is 4.27. The van der Waals surface area contributed by atoms with Gasteiger partial charge in [0.1, 0.15) is 11.5 Å². The highest BCUT2D eigenvalue weighted by Crippen LogP contribution is 2.24. The minimum atomic E-state index is 0.566. The van der Waals surface area contributed by atoms with Gasteiger partial charge in [-0.25, -0.2) is 0 Å². The van der Waals surface area contributed by atoms with Gasteiger partial charge in [-0.3, -0.25) is 0 Å². The zero-order valence-corrected chi connectivity index (χ0v) is 11.3. The SMILES string of the molecule is COc1ccc(CCN(C)CCC#N)c(OC)c1. The van der Waals surface area contributed by atoms with Crippen molar-refractivity contribution >= 4 is 0 Å². The van der Waals surface area contributed by atoms with Crippen LogP contribution in [0.25, 0.3) is 0 Å². The summed E-state index contributed by atoms with van der Waals surface area (Å²) in [4.78, 5) is 2.15. The van der Waals surface area contributed by atoms with E-state index in [1.54, 1.807) is 14.2 Å². The first-order valence-electron chi connectivity index (χ1n) is 5.97. The van der Waals surface area contributed by atoms with Crippen molar-refractivity contribution in [2.75, 3.05) is 34.4 Å². The van der Waals surface area contributed by atoms with E-state index in [0.29, 0.717) is 6.42 Å². The summed E-state index contributed by atoms with van der Waals surface area (Å²) >= 11 is 0. The molecule has 0 saturated heterocycles. The van der Waals surface area contributed by atoms with Crippen LogP contribution in [0.1, 0.15) is 12.0 Å². The first-order valence-corrected chi connectivity index (χ1v) is 5.97. The third-order valence-corrected chi connectivity index (χ3v) is 2.86. The number of nitriles is 1. The van der Waals surface area contributed by atoms with Crippen molar-refractivity contribution in [2.45, 2.75) is 12.8 Å². The molecule has 0 aliphatic rings. The van der Waals surface area contributed by atoms with Crippen molar-refractivity contribution in [1.82, 2.24) is 4.90 Å². The van der Waals surface area contributed by atoms with Gasteiger partial charge in [0, 0.05) is 25.6 Å². The van der Waals surface area contributed by atoms with Gasteiger partial charge in [-0.15, -0.1) is 0 Å². The summed E-state index contributed by atoms with van der Waals surface area (Å²) in [5, 5.41) is 8.53. The van der Waals surface area contributed by atoms with Gasteiger partial charge in [0.2, 0.25) is 0 Å². The average molecular weight is 248 g/mol. The van der Waals surface area contributed by atoms with E-state index in [9.17, 15) is 0 Å². The number of hydrogen-bond acceptors (Lipinski definition) is 4. The second-order valence-electron chi connectivity index (χ2n) is 4.14. The number of rotatable bonds is 7. The molecule has 0 spiro atoms. The van der Waals surface area contributed by atoms with Crippen molar-refractivity contribution in [3.8, 4) is 17.6 Å². The van der Waals surface area contributed by atoms with Gasteiger partial charge in [0.25, 0.3) is 0 Å². The molecule has 4 nitrogen and oxygen atoms in total. The minimum absolute atomic E-state index is 0.566. The summed E-state index contributed by atoms with van der Waals surface area (Å²) in [6.45, 7) is 1.71. The lowest BCUT2D eigenvalue weighted by atomic mass is 10.1. The molecule has 0 aliphatic carbocycles. The molecule has 1 rings (SSSR count). The predicted molar refractivity (Wildman–Crippen MR) is 71.0 cm³/mol. The van der Waals surface area contributed by atoms with Crippen LogP contribution in [-0.4, -0.2) is 39.3 Å². The smallest absolute Gasteiger partial charge is 0.125 e. The van der Waals surface area contributed by atoms with E-state index in [4.69, 9.17) is 14.7 Å². The number of ether oxygens (including phenoxy) is 2. The number of likely N-dealkylation sites (N-methyl/N-ethyl adjacent to an activating group) is 1. The van der Waals surface area contributed by atoms with Crippen LogP contribution in [0.15, 0.2) is 18.2 Å². The molecule has 0 saturated carbocycles. The Morgan fingerprint density at radius 3 is 2.61 bits per heavy atom. The fourth-order valence-corrected chi connectivity index (χ4v) is 1.72. The van der Waals surface area contributed by atoms with Gasteiger partial charge in [0.15, 0.2) is 0 Å². The van der Waals surface area contributed by atoms with Gasteiger partial charge < -0.3 is 14.4 Å². The maximum absolute atomic E-state index is 8.53. The van der Waals surface area contributed by atoms with Crippen molar-refractivity contribution in [2.24, 2.45) is 0 Å². The van der Waals surface area contributed by atoms with Crippen molar-refractivity contribution < 1.29 is 9.47 Å². The normalized spacial score (nSPS) is 10.2. The zero-order valence-electron chi connectivity index (χ0n) is 11.3. The molecule has 0 heterocycles. The fourth-order valence-electron chi connectivity index (χ4n) is 1.72. The van der Waals surface area contributed by atoms with E-state index in [0.717, 1.165) is 36.6 Å². The van der Waals surface area contributed by atoms with Crippen LogP contribution >= 0.6 is 0 Å². The van der Waals surface area contributed by atoms with Crippen LogP contribution in [0.2, 0.25) is 0 Å². The van der Waals surface area contributed by atoms with Gasteiger partial charge >= 0.3 is 0 Å². The lowest BCUT2D eigenvalue weighted by molar-refractivity contribution is 0.341. The summed E-state index contributed by atoms with van der Waals surface area (Å²) < 4.78 is 10.5. The Morgan fingerprint density at radius 2 is 2.00 bits per heavy atom. The van der Waals surface area contributed by atoms with E-state index in [-0.39, 0.29) is 0 Å². The van der Waals surface area contributed by atoms with E-state index in [2.05, 4.69) is 11.0 Å². The van der Waals surface area contributed by atoms with Crippen molar-refractivity contribution in [3.63, 3.8) is 0 Å². The van der Waals surface area contributed by atoms with Gasteiger partial charge in [-0.2, -0.15) is 5.26 Å². The highest BCUT2D eigenvalue weighted by molar-refractivity contribution is 5.40. The molecule has 0 unspecified atom stereocenters. The summed E-state index contributed by atoms with van der Waals surface area (Å²) in [6.07, 6.45) is 1.46. The first-order chi connectivity index (χ1) is 8.71. The number of methoxy groups -OCH3 is 2. The predicted octanol–water partition coefficient (Wildman–Crippen LogP) is 2.09. The number of nitrogens with zero attached hydrogens (tertiary/aromatic N) is 2. The molecule has 0 amide bonds. The molecule has 0 radical (unpaired) electrons. The quantitative estimate of drug-likeness (QED) is 0.741. The molecule has 1 aromatic carbocycles. The summed E-state index contributed by atoms with van der Waals surface area (Å²) in [5.74, 6) is 1.65. The topological polar surface area (TPSA) is 45.5 Å². The lowest BCUT2D eigenvalue weighted by Gasteiger charge is -2.16.